The fourth-order valence-electron chi connectivity index (χ4n) is 3.06. The standard InChI is InChI=1S/C24H31N3O3Si/c1-5-19-11-12-22-21(15-19)26-23(27(22)18-29-13-14-31(2,3)4)16-25-24(28)30-17-20-9-7-6-8-10-20/h5-12,15H,1,13-14,16-18H2,2-4H3,(H,25,28). The number of hydrogen-bond donors (Lipinski definition) is 1. The van der Waals surface area contributed by atoms with E-state index in [0.29, 0.717) is 13.3 Å². The zero-order valence-electron chi connectivity index (χ0n) is 18.6. The summed E-state index contributed by atoms with van der Waals surface area (Å²) in [5.74, 6) is 0.723. The van der Waals surface area contributed by atoms with Crippen molar-refractivity contribution in [3.8, 4) is 0 Å². The zero-order chi connectivity index (χ0) is 22.3. The number of nitrogens with zero attached hydrogens (tertiary/aromatic N) is 2. The number of fused-ring (bicyclic) bond motifs is 1. The number of carbonyl (C=O) groups excluding carboxylic acids is 1. The van der Waals surface area contributed by atoms with Crippen LogP contribution in [-0.2, 0) is 29.4 Å². The van der Waals surface area contributed by atoms with Crippen LogP contribution < -0.4 is 5.32 Å². The van der Waals surface area contributed by atoms with Gasteiger partial charge >= 0.3 is 6.09 Å². The van der Waals surface area contributed by atoms with Crippen LogP contribution in [0.2, 0.25) is 25.7 Å². The molecule has 1 amide bonds. The van der Waals surface area contributed by atoms with Crippen LogP contribution in [0.4, 0.5) is 4.79 Å². The van der Waals surface area contributed by atoms with Crippen LogP contribution in [0.3, 0.4) is 0 Å². The maximum absolute atomic E-state index is 12.2. The highest BCUT2D eigenvalue weighted by Crippen LogP contribution is 2.19. The van der Waals surface area contributed by atoms with Crippen molar-refractivity contribution in [2.24, 2.45) is 0 Å². The summed E-state index contributed by atoms with van der Waals surface area (Å²) in [5.41, 5.74) is 3.75. The molecule has 31 heavy (non-hydrogen) atoms. The van der Waals surface area contributed by atoms with Crippen LogP contribution in [-0.4, -0.2) is 30.3 Å². The molecule has 0 aliphatic carbocycles. The van der Waals surface area contributed by atoms with Gasteiger partial charge in [-0.05, 0) is 29.3 Å². The van der Waals surface area contributed by atoms with Gasteiger partial charge in [-0.1, -0.05) is 68.7 Å². The molecule has 0 bridgehead atoms. The molecular weight excluding hydrogens is 406 g/mol. The minimum absolute atomic E-state index is 0.228. The molecule has 6 nitrogen and oxygen atoms in total. The van der Waals surface area contributed by atoms with Crippen LogP contribution in [0.1, 0.15) is 17.0 Å². The highest BCUT2D eigenvalue weighted by Gasteiger charge is 2.15. The van der Waals surface area contributed by atoms with Crippen molar-refractivity contribution >= 4 is 31.3 Å². The first-order chi connectivity index (χ1) is 14.9. The van der Waals surface area contributed by atoms with Gasteiger partial charge in [-0.25, -0.2) is 9.78 Å². The molecule has 0 unspecified atom stereocenters. The minimum Gasteiger partial charge on any atom is -0.445 e. The number of benzene rings is 2. The van der Waals surface area contributed by atoms with E-state index in [2.05, 4.69) is 31.5 Å². The Kier molecular flexibility index (Phi) is 7.65. The molecule has 0 atom stereocenters. The average molecular weight is 438 g/mol. The van der Waals surface area contributed by atoms with Gasteiger partial charge in [0.25, 0.3) is 0 Å². The van der Waals surface area contributed by atoms with Crippen molar-refractivity contribution in [3.63, 3.8) is 0 Å². The first-order valence-electron chi connectivity index (χ1n) is 10.5. The number of hydrogen-bond acceptors (Lipinski definition) is 4. The van der Waals surface area contributed by atoms with Crippen LogP contribution in [0.5, 0.6) is 0 Å². The summed E-state index contributed by atoms with van der Waals surface area (Å²) in [6.07, 6.45) is 1.32. The van der Waals surface area contributed by atoms with Gasteiger partial charge in [0, 0.05) is 14.7 Å². The SMILES string of the molecule is C=Cc1ccc2c(c1)nc(CNC(=O)OCc1ccccc1)n2COCC[Si](C)(C)C. The molecule has 0 spiro atoms. The smallest absolute Gasteiger partial charge is 0.407 e. The zero-order valence-corrected chi connectivity index (χ0v) is 19.6. The van der Waals surface area contributed by atoms with Gasteiger partial charge < -0.3 is 19.4 Å². The minimum atomic E-state index is -1.16. The van der Waals surface area contributed by atoms with Crippen molar-refractivity contribution in [2.75, 3.05) is 6.61 Å². The lowest BCUT2D eigenvalue weighted by atomic mass is 10.2. The van der Waals surface area contributed by atoms with Crippen LogP contribution in [0.25, 0.3) is 17.1 Å². The number of aromatic nitrogens is 2. The normalized spacial score (nSPS) is 11.5. The van der Waals surface area contributed by atoms with Gasteiger partial charge in [0.15, 0.2) is 0 Å². The van der Waals surface area contributed by atoms with Crippen LogP contribution in [0.15, 0.2) is 55.1 Å². The quantitative estimate of drug-likeness (QED) is 0.340. The summed E-state index contributed by atoms with van der Waals surface area (Å²) < 4.78 is 13.3. The number of amides is 1. The molecule has 1 N–H and O–H groups in total. The van der Waals surface area contributed by atoms with Crippen LogP contribution in [0, 0.1) is 0 Å². The second-order valence-electron chi connectivity index (χ2n) is 8.67. The van der Waals surface area contributed by atoms with Crippen molar-refractivity contribution in [2.45, 2.75) is 45.6 Å². The number of imidazole rings is 1. The number of nitrogens with one attached hydrogen (secondary N) is 1. The maximum Gasteiger partial charge on any atom is 0.407 e. The Bertz CT molecular complexity index is 1030. The lowest BCUT2D eigenvalue weighted by Gasteiger charge is -2.16. The topological polar surface area (TPSA) is 65.4 Å². The third-order valence-corrected chi connectivity index (χ3v) is 6.61. The molecule has 0 fully saturated rings. The fourth-order valence-corrected chi connectivity index (χ4v) is 3.82. The molecule has 0 saturated heterocycles. The van der Waals surface area contributed by atoms with E-state index in [1.165, 1.54) is 0 Å². The molecule has 1 heterocycles. The van der Waals surface area contributed by atoms with E-state index in [1.54, 1.807) is 6.08 Å². The molecule has 3 aromatic rings. The van der Waals surface area contributed by atoms with Gasteiger partial charge in [0.05, 0.1) is 17.6 Å². The van der Waals surface area contributed by atoms with E-state index < -0.39 is 14.2 Å². The molecular formula is C24H31N3O3Si. The molecule has 0 radical (unpaired) electrons. The molecule has 1 aromatic heterocycles. The van der Waals surface area contributed by atoms with Gasteiger partial charge in [0.1, 0.15) is 19.2 Å². The van der Waals surface area contributed by atoms with Crippen molar-refractivity contribution in [3.05, 3.63) is 72.1 Å². The third kappa shape index (κ3) is 6.80. The molecule has 0 aliphatic heterocycles. The predicted octanol–water partition coefficient (Wildman–Crippen LogP) is 5.42. The summed E-state index contributed by atoms with van der Waals surface area (Å²) >= 11 is 0. The predicted molar refractivity (Wildman–Crippen MR) is 127 cm³/mol. The Labute approximate surface area is 184 Å². The van der Waals surface area contributed by atoms with E-state index in [-0.39, 0.29) is 13.2 Å². The molecule has 164 valence electrons. The van der Waals surface area contributed by atoms with E-state index >= 15 is 0 Å². The van der Waals surface area contributed by atoms with E-state index in [9.17, 15) is 4.79 Å². The molecule has 3 rings (SSSR count). The van der Waals surface area contributed by atoms with Gasteiger partial charge in [-0.3, -0.25) is 0 Å². The van der Waals surface area contributed by atoms with Crippen LogP contribution >= 0.6 is 0 Å². The summed E-state index contributed by atoms with van der Waals surface area (Å²) in [5, 5.41) is 2.80. The summed E-state index contributed by atoms with van der Waals surface area (Å²) in [7, 11) is -1.16. The first kappa shape index (κ1) is 22.8. The van der Waals surface area contributed by atoms with Crippen molar-refractivity contribution in [1.29, 1.82) is 0 Å². The summed E-state index contributed by atoms with van der Waals surface area (Å²) in [4.78, 5) is 16.9. The summed E-state index contributed by atoms with van der Waals surface area (Å²) in [6.45, 7) is 12.4. The lowest BCUT2D eigenvalue weighted by Crippen LogP contribution is -2.26. The Balaban J connectivity index is 1.67. The largest absolute Gasteiger partial charge is 0.445 e. The summed E-state index contributed by atoms with van der Waals surface area (Å²) in [6, 6.07) is 16.7. The van der Waals surface area contributed by atoms with Crippen molar-refractivity contribution < 1.29 is 14.3 Å². The molecule has 0 aliphatic rings. The fraction of sp³-hybridized carbons (Fsp3) is 0.333. The molecule has 2 aromatic carbocycles. The highest BCUT2D eigenvalue weighted by atomic mass is 28.3. The maximum atomic E-state index is 12.2. The second kappa shape index (κ2) is 10.4. The molecule has 0 saturated carbocycles. The van der Waals surface area contributed by atoms with Gasteiger partial charge in [-0.2, -0.15) is 0 Å². The van der Waals surface area contributed by atoms with E-state index in [1.807, 2.05) is 53.1 Å². The number of alkyl carbamates (subject to hydrolysis) is 1. The Morgan fingerprint density at radius 3 is 2.68 bits per heavy atom. The molecule has 7 heteroatoms. The number of rotatable bonds is 10. The monoisotopic (exact) mass is 437 g/mol. The van der Waals surface area contributed by atoms with Crippen molar-refractivity contribution in [1.82, 2.24) is 14.9 Å². The third-order valence-electron chi connectivity index (χ3n) is 4.91. The second-order valence-corrected chi connectivity index (χ2v) is 14.3. The first-order valence-corrected chi connectivity index (χ1v) is 14.2. The van der Waals surface area contributed by atoms with Gasteiger partial charge in [0.2, 0.25) is 0 Å². The Hall–Kier alpha value is -2.90. The van der Waals surface area contributed by atoms with E-state index in [4.69, 9.17) is 14.5 Å². The highest BCUT2D eigenvalue weighted by molar-refractivity contribution is 6.76. The number of ether oxygens (including phenoxy) is 2. The Morgan fingerprint density at radius 1 is 1.19 bits per heavy atom. The van der Waals surface area contributed by atoms with E-state index in [0.717, 1.165) is 34.0 Å². The van der Waals surface area contributed by atoms with Gasteiger partial charge in [-0.15, -0.1) is 0 Å². The number of carbonyl (C=O) groups is 1. The Morgan fingerprint density at radius 2 is 1.97 bits per heavy atom. The average Bonchev–Trinajstić information content (AvgIpc) is 3.10. The lowest BCUT2D eigenvalue weighted by molar-refractivity contribution is 0.0873.